The van der Waals surface area contributed by atoms with Gasteiger partial charge >= 0.3 is 0 Å². The van der Waals surface area contributed by atoms with Crippen molar-refractivity contribution in [1.82, 2.24) is 0 Å². The second-order valence-corrected chi connectivity index (χ2v) is 5.34. The molecule has 1 N–H and O–H groups in total. The van der Waals surface area contributed by atoms with Crippen LogP contribution in [0.3, 0.4) is 0 Å². The summed E-state index contributed by atoms with van der Waals surface area (Å²) < 4.78 is 0. The number of aliphatic hydroxyl groups is 1. The van der Waals surface area contributed by atoms with E-state index < -0.39 is 0 Å². The fourth-order valence-corrected chi connectivity index (χ4v) is 2.49. The van der Waals surface area contributed by atoms with Gasteiger partial charge in [0.05, 0.1) is 11.5 Å². The first-order valence-corrected chi connectivity index (χ1v) is 6.07. The lowest BCUT2D eigenvalue weighted by atomic mass is 9.91. The molecule has 1 heterocycles. The summed E-state index contributed by atoms with van der Waals surface area (Å²) in [7, 11) is 0. The highest BCUT2D eigenvalue weighted by Gasteiger charge is 2.35. The first kappa shape index (κ1) is 12.8. The third kappa shape index (κ3) is 2.18. The van der Waals surface area contributed by atoms with E-state index in [4.69, 9.17) is 0 Å². The Morgan fingerprint density at radius 2 is 2.28 bits per heavy atom. The largest absolute Gasteiger partial charge is 0.396 e. The Morgan fingerprint density at radius 3 is 2.83 bits per heavy atom. The quantitative estimate of drug-likeness (QED) is 0.659. The minimum atomic E-state index is -0.320. The zero-order valence-corrected chi connectivity index (χ0v) is 10.7. The van der Waals surface area contributed by atoms with Crippen LogP contribution in [0.25, 0.3) is 0 Å². The molecule has 1 atom stereocenters. The molecule has 5 heteroatoms. The Hall–Kier alpha value is -1.62. The van der Waals surface area contributed by atoms with Gasteiger partial charge < -0.3 is 10.0 Å². The van der Waals surface area contributed by atoms with Crippen molar-refractivity contribution in [2.24, 2.45) is 5.41 Å². The number of nitro groups is 1. The number of benzene rings is 1. The van der Waals surface area contributed by atoms with Crippen LogP contribution in [-0.4, -0.2) is 29.7 Å². The Morgan fingerprint density at radius 1 is 1.56 bits per heavy atom. The maximum atomic E-state index is 11.2. The highest BCUT2D eigenvalue weighted by molar-refractivity contribution is 5.67. The SMILES string of the molecule is Cc1cccc(N2CCC(C)(CO)C2)c1[N+](=O)[O-]. The molecule has 0 saturated carbocycles. The minimum Gasteiger partial charge on any atom is -0.396 e. The van der Waals surface area contributed by atoms with Gasteiger partial charge in [-0.25, -0.2) is 0 Å². The van der Waals surface area contributed by atoms with Crippen LogP contribution in [-0.2, 0) is 0 Å². The lowest BCUT2D eigenvalue weighted by Gasteiger charge is -2.23. The van der Waals surface area contributed by atoms with Crippen LogP contribution in [0.5, 0.6) is 0 Å². The van der Waals surface area contributed by atoms with Gasteiger partial charge in [-0.15, -0.1) is 0 Å². The molecule has 1 aromatic rings. The van der Waals surface area contributed by atoms with Crippen LogP contribution in [0.4, 0.5) is 11.4 Å². The third-order valence-corrected chi connectivity index (χ3v) is 3.68. The van der Waals surface area contributed by atoms with Crippen LogP contribution < -0.4 is 4.90 Å². The lowest BCUT2D eigenvalue weighted by molar-refractivity contribution is -0.384. The van der Waals surface area contributed by atoms with Gasteiger partial charge in [0.1, 0.15) is 5.69 Å². The van der Waals surface area contributed by atoms with Gasteiger partial charge in [-0.2, -0.15) is 0 Å². The minimum absolute atomic E-state index is 0.114. The summed E-state index contributed by atoms with van der Waals surface area (Å²) in [5.74, 6) is 0. The Kier molecular flexibility index (Phi) is 3.26. The highest BCUT2D eigenvalue weighted by Crippen LogP contribution is 2.38. The number of hydrogen-bond donors (Lipinski definition) is 1. The van der Waals surface area contributed by atoms with E-state index in [0.717, 1.165) is 13.0 Å². The molecule has 18 heavy (non-hydrogen) atoms. The molecule has 0 amide bonds. The summed E-state index contributed by atoms with van der Waals surface area (Å²) in [5, 5.41) is 20.5. The molecule has 1 aliphatic rings. The normalized spacial score (nSPS) is 23.4. The van der Waals surface area contributed by atoms with Crippen LogP contribution in [0.1, 0.15) is 18.9 Å². The van der Waals surface area contributed by atoms with E-state index in [1.54, 1.807) is 19.1 Å². The highest BCUT2D eigenvalue weighted by atomic mass is 16.6. The average Bonchev–Trinajstić information content (AvgIpc) is 2.72. The van der Waals surface area contributed by atoms with Crippen molar-refractivity contribution in [3.8, 4) is 0 Å². The lowest BCUT2D eigenvalue weighted by Crippen LogP contribution is -2.28. The van der Waals surface area contributed by atoms with E-state index in [-0.39, 0.29) is 22.6 Å². The zero-order valence-electron chi connectivity index (χ0n) is 10.7. The number of aryl methyl sites for hydroxylation is 1. The molecule has 0 aromatic heterocycles. The fourth-order valence-electron chi connectivity index (χ4n) is 2.49. The summed E-state index contributed by atoms with van der Waals surface area (Å²) in [4.78, 5) is 12.8. The smallest absolute Gasteiger partial charge is 0.295 e. The van der Waals surface area contributed by atoms with Crippen LogP contribution in [0, 0.1) is 22.5 Å². The molecule has 1 fully saturated rings. The molecule has 1 aromatic carbocycles. The Labute approximate surface area is 106 Å². The monoisotopic (exact) mass is 250 g/mol. The summed E-state index contributed by atoms with van der Waals surface area (Å²) in [6.45, 7) is 5.29. The number of anilines is 1. The van der Waals surface area contributed by atoms with Crippen LogP contribution >= 0.6 is 0 Å². The molecule has 0 aliphatic carbocycles. The number of nitro benzene ring substituents is 1. The van der Waals surface area contributed by atoms with E-state index in [2.05, 4.69) is 0 Å². The standard InChI is InChI=1S/C13H18N2O3/c1-10-4-3-5-11(12(10)15(17)18)14-7-6-13(2,8-14)9-16/h3-5,16H,6-9H2,1-2H3. The molecule has 2 rings (SSSR count). The molecule has 98 valence electrons. The number of rotatable bonds is 3. The van der Waals surface area contributed by atoms with Gasteiger partial charge in [0.25, 0.3) is 5.69 Å². The second kappa shape index (κ2) is 4.57. The summed E-state index contributed by atoms with van der Waals surface area (Å²) in [6, 6.07) is 5.38. The van der Waals surface area contributed by atoms with E-state index in [0.29, 0.717) is 17.8 Å². The summed E-state index contributed by atoms with van der Waals surface area (Å²) >= 11 is 0. The van der Waals surface area contributed by atoms with Crippen molar-refractivity contribution < 1.29 is 10.0 Å². The molecule has 1 unspecified atom stereocenters. The Balaban J connectivity index is 2.36. The summed E-state index contributed by atoms with van der Waals surface area (Å²) in [6.07, 6.45) is 0.856. The number of para-hydroxylation sites is 1. The van der Waals surface area contributed by atoms with Crippen molar-refractivity contribution >= 4 is 11.4 Å². The van der Waals surface area contributed by atoms with Crippen molar-refractivity contribution in [2.45, 2.75) is 20.3 Å². The van der Waals surface area contributed by atoms with Crippen molar-refractivity contribution in [3.63, 3.8) is 0 Å². The maximum absolute atomic E-state index is 11.2. The Bertz CT molecular complexity index is 475. The van der Waals surface area contributed by atoms with E-state index in [1.165, 1.54) is 0 Å². The van der Waals surface area contributed by atoms with Gasteiger partial charge in [-0.1, -0.05) is 19.1 Å². The average molecular weight is 250 g/mol. The van der Waals surface area contributed by atoms with Crippen LogP contribution in [0.15, 0.2) is 18.2 Å². The summed E-state index contributed by atoms with van der Waals surface area (Å²) in [5.41, 5.74) is 1.37. The number of aliphatic hydroxyl groups excluding tert-OH is 1. The van der Waals surface area contributed by atoms with Crippen molar-refractivity contribution in [2.75, 3.05) is 24.6 Å². The van der Waals surface area contributed by atoms with Gasteiger partial charge in [0.2, 0.25) is 0 Å². The molecular formula is C13H18N2O3. The van der Waals surface area contributed by atoms with Crippen LogP contribution in [0.2, 0.25) is 0 Å². The molecule has 5 nitrogen and oxygen atoms in total. The number of nitrogens with zero attached hydrogens (tertiary/aromatic N) is 2. The first-order chi connectivity index (χ1) is 8.47. The number of hydrogen-bond acceptors (Lipinski definition) is 4. The van der Waals surface area contributed by atoms with Gasteiger partial charge in [-0.3, -0.25) is 10.1 Å². The van der Waals surface area contributed by atoms with E-state index in [1.807, 2.05) is 17.9 Å². The topological polar surface area (TPSA) is 66.6 Å². The predicted molar refractivity (Wildman–Crippen MR) is 69.9 cm³/mol. The van der Waals surface area contributed by atoms with Crippen molar-refractivity contribution in [3.05, 3.63) is 33.9 Å². The molecule has 1 saturated heterocycles. The third-order valence-electron chi connectivity index (χ3n) is 3.68. The maximum Gasteiger partial charge on any atom is 0.295 e. The second-order valence-electron chi connectivity index (χ2n) is 5.34. The van der Waals surface area contributed by atoms with E-state index in [9.17, 15) is 15.2 Å². The molecule has 0 radical (unpaired) electrons. The van der Waals surface area contributed by atoms with Gasteiger partial charge in [-0.05, 0) is 19.4 Å². The molecule has 0 spiro atoms. The predicted octanol–water partition coefficient (Wildman–Crippen LogP) is 2.11. The van der Waals surface area contributed by atoms with Crippen molar-refractivity contribution in [1.29, 1.82) is 0 Å². The molecular weight excluding hydrogens is 232 g/mol. The zero-order chi connectivity index (χ0) is 13.3. The fraction of sp³-hybridized carbons (Fsp3) is 0.538. The first-order valence-electron chi connectivity index (χ1n) is 6.07. The molecule has 1 aliphatic heterocycles. The molecule has 0 bridgehead atoms. The van der Waals surface area contributed by atoms with Gasteiger partial charge in [0.15, 0.2) is 0 Å². The van der Waals surface area contributed by atoms with E-state index >= 15 is 0 Å². The van der Waals surface area contributed by atoms with Gasteiger partial charge in [0, 0.05) is 24.1 Å².